The Morgan fingerprint density at radius 2 is 1.96 bits per heavy atom. The number of hydrogen-bond donors (Lipinski definition) is 1. The topological polar surface area (TPSA) is 79.0 Å². The van der Waals surface area contributed by atoms with Gasteiger partial charge in [0, 0.05) is 24.6 Å². The molecule has 1 aromatic rings. The summed E-state index contributed by atoms with van der Waals surface area (Å²) in [4.78, 5) is 40.3. The zero-order valence-electron chi connectivity index (χ0n) is 16.0. The van der Waals surface area contributed by atoms with Crippen LogP contribution in [0.1, 0.15) is 48.0 Å². The van der Waals surface area contributed by atoms with E-state index in [9.17, 15) is 14.4 Å². The third-order valence-electron chi connectivity index (χ3n) is 6.83. The Morgan fingerprint density at radius 1 is 1.11 bits per heavy atom. The van der Waals surface area contributed by atoms with Crippen molar-refractivity contribution in [3.05, 3.63) is 29.3 Å². The van der Waals surface area contributed by atoms with E-state index in [1.165, 1.54) is 12.8 Å². The normalized spacial score (nSPS) is 32.5. The quantitative estimate of drug-likeness (QED) is 0.797. The van der Waals surface area contributed by atoms with Crippen molar-refractivity contribution in [3.63, 3.8) is 0 Å². The molecule has 2 saturated heterocycles. The summed E-state index contributed by atoms with van der Waals surface area (Å²) >= 11 is 0. The van der Waals surface area contributed by atoms with Crippen LogP contribution in [0, 0.1) is 5.92 Å². The van der Waals surface area contributed by atoms with Gasteiger partial charge in [-0.3, -0.25) is 24.6 Å². The fourth-order valence-corrected chi connectivity index (χ4v) is 5.43. The molecule has 1 aliphatic carbocycles. The standard InChI is InChI=1S/C21H25N3O4/c1-23-9-8-12-2-6-17(19(12)23)28-14-3-4-15-13(10-14)11-24(21(15)27)16-5-7-18(25)22-20(16)26/h3-4,10,12,16-17,19H,2,5-9,11H2,1H3,(H,22,25,26). The van der Waals surface area contributed by atoms with Crippen molar-refractivity contribution in [2.75, 3.05) is 13.6 Å². The zero-order chi connectivity index (χ0) is 19.4. The highest BCUT2D eigenvalue weighted by atomic mass is 16.5. The van der Waals surface area contributed by atoms with Crippen LogP contribution in [0.4, 0.5) is 0 Å². The maximum atomic E-state index is 12.8. The molecule has 1 N–H and O–H groups in total. The Kier molecular flexibility index (Phi) is 4.16. The van der Waals surface area contributed by atoms with Crippen molar-refractivity contribution in [2.45, 2.75) is 56.8 Å². The van der Waals surface area contributed by atoms with Gasteiger partial charge in [0.15, 0.2) is 0 Å². The number of nitrogens with one attached hydrogen (secondary N) is 1. The van der Waals surface area contributed by atoms with E-state index in [0.29, 0.717) is 24.6 Å². The second-order valence-corrected chi connectivity index (χ2v) is 8.47. The van der Waals surface area contributed by atoms with Crippen molar-refractivity contribution in [1.82, 2.24) is 15.1 Å². The molecular weight excluding hydrogens is 358 g/mol. The molecule has 7 heteroatoms. The molecule has 4 aliphatic rings. The summed E-state index contributed by atoms with van der Waals surface area (Å²) in [5.74, 6) is 0.729. The molecule has 0 spiro atoms. The molecule has 3 aliphatic heterocycles. The van der Waals surface area contributed by atoms with E-state index in [1.54, 1.807) is 4.90 Å². The van der Waals surface area contributed by atoms with Gasteiger partial charge < -0.3 is 9.64 Å². The highest BCUT2D eigenvalue weighted by molar-refractivity contribution is 6.05. The lowest BCUT2D eigenvalue weighted by Crippen LogP contribution is -2.52. The lowest BCUT2D eigenvalue weighted by molar-refractivity contribution is -0.136. The second-order valence-electron chi connectivity index (χ2n) is 8.47. The van der Waals surface area contributed by atoms with Gasteiger partial charge in [0.05, 0.1) is 0 Å². The van der Waals surface area contributed by atoms with Gasteiger partial charge >= 0.3 is 0 Å². The second kappa shape index (κ2) is 6.58. The first-order valence-electron chi connectivity index (χ1n) is 10.2. The Labute approximate surface area is 164 Å². The average molecular weight is 383 g/mol. The van der Waals surface area contributed by atoms with Crippen molar-refractivity contribution < 1.29 is 19.1 Å². The monoisotopic (exact) mass is 383 g/mol. The van der Waals surface area contributed by atoms with Crippen LogP contribution in [0.5, 0.6) is 5.75 Å². The summed E-state index contributed by atoms with van der Waals surface area (Å²) in [7, 11) is 2.17. The zero-order valence-corrected chi connectivity index (χ0v) is 16.0. The number of likely N-dealkylation sites (tertiary alicyclic amines) is 1. The minimum absolute atomic E-state index is 0.146. The Morgan fingerprint density at radius 3 is 2.79 bits per heavy atom. The molecule has 1 saturated carbocycles. The summed E-state index contributed by atoms with van der Waals surface area (Å²) in [6.45, 7) is 1.52. The highest BCUT2D eigenvalue weighted by Gasteiger charge is 2.44. The summed E-state index contributed by atoms with van der Waals surface area (Å²) in [5.41, 5.74) is 1.51. The van der Waals surface area contributed by atoms with Crippen molar-refractivity contribution in [1.29, 1.82) is 0 Å². The molecule has 4 unspecified atom stereocenters. The van der Waals surface area contributed by atoms with E-state index in [2.05, 4.69) is 17.3 Å². The van der Waals surface area contributed by atoms with Crippen molar-refractivity contribution >= 4 is 17.7 Å². The molecule has 3 fully saturated rings. The van der Waals surface area contributed by atoms with Crippen LogP contribution in [-0.2, 0) is 16.1 Å². The van der Waals surface area contributed by atoms with E-state index in [0.717, 1.165) is 30.2 Å². The Hall–Kier alpha value is -2.41. The van der Waals surface area contributed by atoms with Gasteiger partial charge in [-0.2, -0.15) is 0 Å². The third kappa shape index (κ3) is 2.80. The molecular formula is C21H25N3O4. The van der Waals surface area contributed by atoms with E-state index >= 15 is 0 Å². The van der Waals surface area contributed by atoms with Gasteiger partial charge in [0.2, 0.25) is 11.8 Å². The van der Waals surface area contributed by atoms with E-state index in [-0.39, 0.29) is 30.2 Å². The molecule has 28 heavy (non-hydrogen) atoms. The van der Waals surface area contributed by atoms with Crippen LogP contribution in [0.25, 0.3) is 0 Å². The van der Waals surface area contributed by atoms with E-state index in [4.69, 9.17) is 4.74 Å². The molecule has 3 amide bonds. The van der Waals surface area contributed by atoms with Gasteiger partial charge in [-0.25, -0.2) is 0 Å². The Bertz CT molecular complexity index is 854. The molecule has 7 nitrogen and oxygen atoms in total. The number of nitrogens with zero attached hydrogens (tertiary/aromatic N) is 2. The van der Waals surface area contributed by atoms with Gasteiger partial charge in [-0.15, -0.1) is 0 Å². The number of imide groups is 1. The van der Waals surface area contributed by atoms with Crippen LogP contribution < -0.4 is 10.1 Å². The van der Waals surface area contributed by atoms with Crippen LogP contribution >= 0.6 is 0 Å². The molecule has 4 atom stereocenters. The predicted molar refractivity (Wildman–Crippen MR) is 101 cm³/mol. The number of fused-ring (bicyclic) bond motifs is 2. The molecule has 0 radical (unpaired) electrons. The molecule has 5 rings (SSSR count). The fourth-order valence-electron chi connectivity index (χ4n) is 5.43. The third-order valence-corrected chi connectivity index (χ3v) is 6.83. The first-order valence-corrected chi connectivity index (χ1v) is 10.2. The smallest absolute Gasteiger partial charge is 0.255 e. The number of likely N-dealkylation sites (N-methyl/N-ethyl adjacent to an activating group) is 1. The van der Waals surface area contributed by atoms with Crippen LogP contribution in [0.15, 0.2) is 18.2 Å². The van der Waals surface area contributed by atoms with Gasteiger partial charge in [-0.05, 0) is 69.0 Å². The SMILES string of the molecule is CN1CCC2CCC(Oc3ccc4c(c3)CN(C3CCC(=O)NC3=O)C4=O)C21. The minimum atomic E-state index is -0.579. The average Bonchev–Trinajstić information content (AvgIpc) is 3.32. The molecule has 3 heterocycles. The van der Waals surface area contributed by atoms with Gasteiger partial charge in [0.25, 0.3) is 5.91 Å². The number of rotatable bonds is 3. The van der Waals surface area contributed by atoms with Crippen LogP contribution in [0.3, 0.4) is 0 Å². The number of piperidine rings is 1. The fraction of sp³-hybridized carbons (Fsp3) is 0.571. The summed E-state index contributed by atoms with van der Waals surface area (Å²) in [6.07, 6.45) is 4.37. The number of carbonyl (C=O) groups excluding carboxylic acids is 3. The molecule has 0 aromatic heterocycles. The van der Waals surface area contributed by atoms with Crippen molar-refractivity contribution in [2.24, 2.45) is 5.92 Å². The first-order chi connectivity index (χ1) is 13.5. The molecule has 1 aromatic carbocycles. The first kappa shape index (κ1) is 17.7. The number of carbonyl (C=O) groups is 3. The maximum absolute atomic E-state index is 12.8. The minimum Gasteiger partial charge on any atom is -0.489 e. The summed E-state index contributed by atoms with van der Waals surface area (Å²) in [5, 5.41) is 2.34. The lowest BCUT2D eigenvalue weighted by Gasteiger charge is -2.29. The largest absolute Gasteiger partial charge is 0.489 e. The molecule has 0 bridgehead atoms. The summed E-state index contributed by atoms with van der Waals surface area (Å²) in [6, 6.07) is 5.53. The van der Waals surface area contributed by atoms with E-state index in [1.807, 2.05) is 18.2 Å². The van der Waals surface area contributed by atoms with Crippen LogP contribution in [0.2, 0.25) is 0 Å². The number of hydrogen-bond acceptors (Lipinski definition) is 5. The Balaban J connectivity index is 1.32. The van der Waals surface area contributed by atoms with Crippen LogP contribution in [-0.4, -0.2) is 59.3 Å². The van der Waals surface area contributed by atoms with Gasteiger partial charge in [-0.1, -0.05) is 0 Å². The van der Waals surface area contributed by atoms with E-state index < -0.39 is 6.04 Å². The van der Waals surface area contributed by atoms with Gasteiger partial charge in [0.1, 0.15) is 17.9 Å². The molecule has 148 valence electrons. The number of amides is 3. The number of benzene rings is 1. The van der Waals surface area contributed by atoms with Crippen molar-refractivity contribution in [3.8, 4) is 5.75 Å². The summed E-state index contributed by atoms with van der Waals surface area (Å²) < 4.78 is 6.34. The maximum Gasteiger partial charge on any atom is 0.255 e. The lowest BCUT2D eigenvalue weighted by atomic mass is 10.0. The number of ether oxygens (including phenoxy) is 1. The predicted octanol–water partition coefficient (Wildman–Crippen LogP) is 1.31. The highest BCUT2D eigenvalue weighted by Crippen LogP contribution is 2.39.